The third kappa shape index (κ3) is 4.34. The first-order valence-corrected chi connectivity index (χ1v) is 9.27. The predicted molar refractivity (Wildman–Crippen MR) is 97.4 cm³/mol. The van der Waals surface area contributed by atoms with Crippen molar-refractivity contribution in [1.82, 2.24) is 4.90 Å². The normalized spacial score (nSPS) is 18.0. The number of methoxy groups -OCH3 is 1. The highest BCUT2D eigenvalue weighted by Gasteiger charge is 2.24. The summed E-state index contributed by atoms with van der Waals surface area (Å²) >= 11 is 1.83. The van der Waals surface area contributed by atoms with Crippen LogP contribution in [0.1, 0.15) is 29.2 Å². The Kier molecular flexibility index (Phi) is 5.70. The van der Waals surface area contributed by atoms with E-state index in [0.717, 1.165) is 31.8 Å². The molecule has 1 aromatic heterocycles. The number of piperidine rings is 1. The molecule has 1 aliphatic heterocycles. The summed E-state index contributed by atoms with van der Waals surface area (Å²) in [4.78, 5) is 3.94. The molecule has 1 aromatic carbocycles. The Hall–Kier alpha value is -1.36. The molecule has 2 heterocycles. The quantitative estimate of drug-likeness (QED) is 0.881. The molecule has 0 radical (unpaired) electrons. The second-order valence-corrected chi connectivity index (χ2v) is 7.33. The number of nitrogens with zero attached hydrogens (tertiary/aromatic N) is 1. The second-order valence-electron chi connectivity index (χ2n) is 6.38. The van der Waals surface area contributed by atoms with Crippen LogP contribution in [0.2, 0.25) is 0 Å². The van der Waals surface area contributed by atoms with E-state index >= 15 is 0 Å². The minimum atomic E-state index is 0.213. The molecule has 4 heteroatoms. The van der Waals surface area contributed by atoms with Gasteiger partial charge in [-0.1, -0.05) is 30.3 Å². The third-order valence-electron chi connectivity index (χ3n) is 4.67. The van der Waals surface area contributed by atoms with Crippen molar-refractivity contribution in [1.29, 1.82) is 0 Å². The number of ether oxygens (including phenoxy) is 1. The maximum atomic E-state index is 6.35. The highest BCUT2D eigenvalue weighted by Crippen LogP contribution is 2.38. The number of rotatable bonds is 6. The van der Waals surface area contributed by atoms with Crippen LogP contribution < -0.4 is 10.5 Å². The number of hydrogen-bond acceptors (Lipinski definition) is 4. The maximum absolute atomic E-state index is 6.35. The molecule has 1 fully saturated rings. The average Bonchev–Trinajstić information content (AvgIpc) is 3.05. The second kappa shape index (κ2) is 7.95. The fourth-order valence-electron chi connectivity index (χ4n) is 3.47. The highest BCUT2D eigenvalue weighted by atomic mass is 32.1. The van der Waals surface area contributed by atoms with E-state index in [1.54, 1.807) is 7.11 Å². The molecule has 0 aliphatic carbocycles. The Morgan fingerprint density at radius 1 is 1.22 bits per heavy atom. The van der Waals surface area contributed by atoms with Crippen molar-refractivity contribution in [3.8, 4) is 5.75 Å². The van der Waals surface area contributed by atoms with Gasteiger partial charge in [-0.2, -0.15) is 0 Å². The average molecular weight is 330 g/mol. The first-order valence-electron chi connectivity index (χ1n) is 8.39. The fraction of sp³-hybridized carbons (Fsp3) is 0.474. The van der Waals surface area contributed by atoms with Crippen molar-refractivity contribution in [2.75, 3.05) is 26.7 Å². The van der Waals surface area contributed by atoms with Gasteiger partial charge in [0.05, 0.1) is 7.11 Å². The van der Waals surface area contributed by atoms with Gasteiger partial charge in [-0.3, -0.25) is 0 Å². The molecule has 2 aromatic rings. The van der Waals surface area contributed by atoms with Crippen molar-refractivity contribution in [3.63, 3.8) is 0 Å². The Morgan fingerprint density at radius 3 is 2.65 bits per heavy atom. The van der Waals surface area contributed by atoms with Crippen LogP contribution in [0, 0.1) is 0 Å². The van der Waals surface area contributed by atoms with Crippen LogP contribution in [0.4, 0.5) is 0 Å². The standard InChI is InChI=1S/C19H26N2OS/c1-22-18-9-12-23-19(18)16-7-10-21(11-8-16)14-17(20)13-15-5-3-2-4-6-15/h2-6,9,12,16-17H,7-8,10-11,13-14,20H2,1H3/t17-/m0/s1. The molecule has 2 N–H and O–H groups in total. The molecule has 1 atom stereocenters. The SMILES string of the molecule is COc1ccsc1C1CCN(C[C@@H](N)Cc2ccccc2)CC1. The summed E-state index contributed by atoms with van der Waals surface area (Å²) in [6.45, 7) is 3.26. The summed E-state index contributed by atoms with van der Waals surface area (Å²) in [7, 11) is 1.77. The Morgan fingerprint density at radius 2 is 1.96 bits per heavy atom. The van der Waals surface area contributed by atoms with Gasteiger partial charge in [0.25, 0.3) is 0 Å². The zero-order valence-corrected chi connectivity index (χ0v) is 14.6. The van der Waals surface area contributed by atoms with E-state index in [9.17, 15) is 0 Å². The molecule has 3 nitrogen and oxygen atoms in total. The van der Waals surface area contributed by atoms with Gasteiger partial charge in [-0.25, -0.2) is 0 Å². The van der Waals surface area contributed by atoms with Gasteiger partial charge in [-0.15, -0.1) is 11.3 Å². The summed E-state index contributed by atoms with van der Waals surface area (Å²) in [5, 5.41) is 2.14. The van der Waals surface area contributed by atoms with Gasteiger partial charge in [-0.05, 0) is 55.3 Å². The number of thiophene rings is 1. The largest absolute Gasteiger partial charge is 0.496 e. The van der Waals surface area contributed by atoms with E-state index in [4.69, 9.17) is 10.5 Å². The van der Waals surface area contributed by atoms with Gasteiger partial charge in [0.2, 0.25) is 0 Å². The molecular weight excluding hydrogens is 304 g/mol. The van der Waals surface area contributed by atoms with Crippen LogP contribution >= 0.6 is 11.3 Å². The highest BCUT2D eigenvalue weighted by molar-refractivity contribution is 7.10. The molecule has 0 amide bonds. The van der Waals surface area contributed by atoms with Crippen molar-refractivity contribution in [2.24, 2.45) is 5.73 Å². The van der Waals surface area contributed by atoms with Gasteiger partial charge in [0, 0.05) is 17.5 Å². The van der Waals surface area contributed by atoms with E-state index < -0.39 is 0 Å². The molecule has 0 saturated carbocycles. The van der Waals surface area contributed by atoms with Crippen molar-refractivity contribution in [3.05, 3.63) is 52.2 Å². The van der Waals surface area contributed by atoms with Crippen LogP contribution in [-0.2, 0) is 6.42 Å². The van der Waals surface area contributed by atoms with E-state index in [0.29, 0.717) is 5.92 Å². The van der Waals surface area contributed by atoms with E-state index in [2.05, 4.69) is 46.7 Å². The summed E-state index contributed by atoms with van der Waals surface area (Å²) in [5.74, 6) is 1.71. The summed E-state index contributed by atoms with van der Waals surface area (Å²) < 4.78 is 5.47. The molecule has 124 valence electrons. The molecule has 1 aliphatic rings. The molecule has 0 unspecified atom stereocenters. The van der Waals surface area contributed by atoms with Gasteiger partial charge in [0.1, 0.15) is 5.75 Å². The van der Waals surface area contributed by atoms with Crippen molar-refractivity contribution in [2.45, 2.75) is 31.2 Å². The molecule has 3 rings (SSSR count). The van der Waals surface area contributed by atoms with E-state index in [1.165, 1.54) is 23.3 Å². The lowest BCUT2D eigenvalue weighted by atomic mass is 9.94. The van der Waals surface area contributed by atoms with Crippen LogP contribution in [0.3, 0.4) is 0 Å². The summed E-state index contributed by atoms with van der Waals surface area (Å²) in [6.07, 6.45) is 3.36. The number of likely N-dealkylation sites (tertiary alicyclic amines) is 1. The summed E-state index contributed by atoms with van der Waals surface area (Å²) in [5.41, 5.74) is 7.68. The first-order chi connectivity index (χ1) is 11.3. The molecule has 0 bridgehead atoms. The van der Waals surface area contributed by atoms with Gasteiger partial charge in [0.15, 0.2) is 0 Å². The zero-order chi connectivity index (χ0) is 16.1. The van der Waals surface area contributed by atoms with Crippen LogP contribution in [-0.4, -0.2) is 37.7 Å². The third-order valence-corrected chi connectivity index (χ3v) is 5.73. The minimum Gasteiger partial charge on any atom is -0.496 e. The van der Waals surface area contributed by atoms with Gasteiger partial charge < -0.3 is 15.4 Å². The first kappa shape index (κ1) is 16.5. The van der Waals surface area contributed by atoms with Crippen LogP contribution in [0.5, 0.6) is 5.75 Å². The number of nitrogens with two attached hydrogens (primary N) is 1. The molecule has 0 spiro atoms. The number of benzene rings is 1. The Bertz CT molecular complexity index is 590. The molecule has 23 heavy (non-hydrogen) atoms. The smallest absolute Gasteiger partial charge is 0.133 e. The lowest BCUT2D eigenvalue weighted by Gasteiger charge is -2.33. The number of hydrogen-bond donors (Lipinski definition) is 1. The van der Waals surface area contributed by atoms with Gasteiger partial charge >= 0.3 is 0 Å². The lowest BCUT2D eigenvalue weighted by Crippen LogP contribution is -2.42. The van der Waals surface area contributed by atoms with Crippen LogP contribution in [0.15, 0.2) is 41.8 Å². The monoisotopic (exact) mass is 330 g/mol. The van der Waals surface area contributed by atoms with Crippen LogP contribution in [0.25, 0.3) is 0 Å². The maximum Gasteiger partial charge on any atom is 0.133 e. The fourth-order valence-corrected chi connectivity index (χ4v) is 4.50. The summed E-state index contributed by atoms with van der Waals surface area (Å²) in [6, 6.07) is 12.8. The van der Waals surface area contributed by atoms with Crippen molar-refractivity contribution >= 4 is 11.3 Å². The van der Waals surface area contributed by atoms with Crippen molar-refractivity contribution < 1.29 is 4.74 Å². The lowest BCUT2D eigenvalue weighted by molar-refractivity contribution is 0.200. The van der Waals surface area contributed by atoms with E-state index in [-0.39, 0.29) is 6.04 Å². The Balaban J connectivity index is 1.47. The molecular formula is C19H26N2OS. The molecule has 1 saturated heterocycles. The van der Waals surface area contributed by atoms with E-state index in [1.807, 2.05) is 11.3 Å². The predicted octanol–water partition coefficient (Wildman–Crippen LogP) is 3.51. The zero-order valence-electron chi connectivity index (χ0n) is 13.8. The Labute approximate surface area is 143 Å². The minimum absolute atomic E-state index is 0.213. The topological polar surface area (TPSA) is 38.5 Å².